The normalized spacial score (nSPS) is 24.7. The molecule has 0 aromatic heterocycles. The summed E-state index contributed by atoms with van der Waals surface area (Å²) in [6.07, 6.45) is 1.47. The number of benzene rings is 3. The van der Waals surface area contributed by atoms with Crippen LogP contribution in [-0.4, -0.2) is 35.3 Å². The highest BCUT2D eigenvalue weighted by Crippen LogP contribution is 2.60. The molecular formula is C26H19IN2O4. The standard InChI is InChI=1S/C26H19IN2O4/c1-33-19-11-13(10-18(27)24(19)30)12-28-29-25(31)22-20-14-6-2-3-7-15(14)21(23(22)26(29)32)17-9-5-4-8-16(17)20/h2-12,20-23,30H,1H3/b28-12-/t20?,21?,22-,23+. The Morgan fingerprint density at radius 1 is 0.909 bits per heavy atom. The largest absolute Gasteiger partial charge is 0.504 e. The van der Waals surface area contributed by atoms with Crippen LogP contribution < -0.4 is 4.74 Å². The Labute approximate surface area is 204 Å². The molecule has 2 amide bonds. The van der Waals surface area contributed by atoms with Crippen LogP contribution in [0.25, 0.3) is 0 Å². The zero-order chi connectivity index (χ0) is 22.9. The summed E-state index contributed by atoms with van der Waals surface area (Å²) >= 11 is 2.00. The number of hydrogen-bond acceptors (Lipinski definition) is 5. The van der Waals surface area contributed by atoms with E-state index in [1.54, 1.807) is 12.1 Å². The number of nitrogens with zero attached hydrogens (tertiary/aromatic N) is 2. The molecule has 0 spiro atoms. The van der Waals surface area contributed by atoms with E-state index in [-0.39, 0.29) is 29.4 Å². The number of phenols is 1. The highest BCUT2D eigenvalue weighted by molar-refractivity contribution is 14.1. The summed E-state index contributed by atoms with van der Waals surface area (Å²) in [5.74, 6) is -1.40. The third kappa shape index (κ3) is 2.81. The number of imide groups is 1. The van der Waals surface area contributed by atoms with Crippen LogP contribution in [0.15, 0.2) is 65.8 Å². The van der Waals surface area contributed by atoms with E-state index in [0.717, 1.165) is 27.3 Å². The van der Waals surface area contributed by atoms with Crippen molar-refractivity contribution in [3.63, 3.8) is 0 Å². The summed E-state index contributed by atoms with van der Waals surface area (Å²) in [4.78, 5) is 27.1. The van der Waals surface area contributed by atoms with Crippen LogP contribution in [0.3, 0.4) is 0 Å². The van der Waals surface area contributed by atoms with Gasteiger partial charge >= 0.3 is 0 Å². The van der Waals surface area contributed by atoms with Crippen molar-refractivity contribution in [2.75, 3.05) is 7.11 Å². The summed E-state index contributed by atoms with van der Waals surface area (Å²) < 4.78 is 5.79. The van der Waals surface area contributed by atoms with E-state index in [4.69, 9.17) is 4.74 Å². The quantitative estimate of drug-likeness (QED) is 0.301. The Morgan fingerprint density at radius 2 is 1.39 bits per heavy atom. The third-order valence-corrected chi connectivity index (χ3v) is 7.84. The van der Waals surface area contributed by atoms with Crippen LogP contribution in [0.2, 0.25) is 0 Å². The van der Waals surface area contributed by atoms with Crippen LogP contribution >= 0.6 is 22.6 Å². The minimum absolute atomic E-state index is 0.0432. The van der Waals surface area contributed by atoms with Gasteiger partial charge < -0.3 is 9.84 Å². The molecule has 0 unspecified atom stereocenters. The van der Waals surface area contributed by atoms with Crippen molar-refractivity contribution >= 4 is 40.6 Å². The molecule has 3 aromatic rings. The van der Waals surface area contributed by atoms with Crippen molar-refractivity contribution in [1.82, 2.24) is 5.01 Å². The smallest absolute Gasteiger partial charge is 0.254 e. The van der Waals surface area contributed by atoms with E-state index in [0.29, 0.717) is 14.9 Å². The minimum Gasteiger partial charge on any atom is -0.504 e. The molecule has 1 heterocycles. The number of hydrazone groups is 1. The Balaban J connectivity index is 1.42. The van der Waals surface area contributed by atoms with Crippen molar-refractivity contribution in [2.24, 2.45) is 16.9 Å². The fourth-order valence-corrected chi connectivity index (χ4v) is 6.35. The van der Waals surface area contributed by atoms with Gasteiger partial charge in [-0.3, -0.25) is 9.59 Å². The molecule has 0 saturated carbocycles. The van der Waals surface area contributed by atoms with Gasteiger partial charge in [0.05, 0.1) is 28.7 Å². The molecule has 3 aromatic carbocycles. The zero-order valence-electron chi connectivity index (χ0n) is 17.6. The number of ether oxygens (including phenoxy) is 1. The van der Waals surface area contributed by atoms with Gasteiger partial charge in [0.1, 0.15) is 0 Å². The van der Waals surface area contributed by atoms with Crippen molar-refractivity contribution in [1.29, 1.82) is 0 Å². The average Bonchev–Trinajstić information content (AvgIpc) is 3.09. The first-order valence-corrected chi connectivity index (χ1v) is 11.7. The number of phenolic OH excluding ortho intramolecular Hbond substituents is 1. The van der Waals surface area contributed by atoms with Crippen LogP contribution in [0.5, 0.6) is 11.5 Å². The molecule has 1 aliphatic heterocycles. The highest BCUT2D eigenvalue weighted by atomic mass is 127. The molecule has 6 nitrogen and oxygen atoms in total. The van der Waals surface area contributed by atoms with Crippen molar-refractivity contribution in [2.45, 2.75) is 11.8 Å². The van der Waals surface area contributed by atoms with Gasteiger partial charge in [-0.15, -0.1) is 0 Å². The highest BCUT2D eigenvalue weighted by Gasteiger charge is 2.61. The van der Waals surface area contributed by atoms with E-state index >= 15 is 0 Å². The molecule has 0 radical (unpaired) electrons. The molecule has 33 heavy (non-hydrogen) atoms. The lowest BCUT2D eigenvalue weighted by atomic mass is 9.55. The number of amides is 2. The fraction of sp³-hybridized carbons (Fsp3) is 0.192. The van der Waals surface area contributed by atoms with E-state index < -0.39 is 11.8 Å². The number of carbonyl (C=O) groups is 2. The summed E-state index contributed by atoms with van der Waals surface area (Å²) in [5, 5.41) is 15.4. The summed E-state index contributed by atoms with van der Waals surface area (Å²) in [6.45, 7) is 0. The SMILES string of the molecule is COc1cc(/C=N\N2C(=O)[C@@H]3C4c5ccccc5C(c5ccccc54)[C@@H]3C2=O)cc(I)c1O. The van der Waals surface area contributed by atoms with Gasteiger partial charge in [-0.1, -0.05) is 48.5 Å². The first-order valence-electron chi connectivity index (χ1n) is 10.7. The van der Waals surface area contributed by atoms with E-state index in [1.165, 1.54) is 13.3 Å². The number of methoxy groups -OCH3 is 1. The van der Waals surface area contributed by atoms with Gasteiger partial charge in [0.2, 0.25) is 0 Å². The number of aromatic hydroxyl groups is 1. The molecule has 164 valence electrons. The van der Waals surface area contributed by atoms with Gasteiger partial charge in [-0.2, -0.15) is 10.1 Å². The first-order chi connectivity index (χ1) is 16.0. The average molecular weight is 550 g/mol. The Bertz CT molecular complexity index is 1250. The molecule has 3 aliphatic carbocycles. The maximum atomic E-state index is 13.6. The molecule has 2 atom stereocenters. The second-order valence-electron chi connectivity index (χ2n) is 8.55. The maximum Gasteiger partial charge on any atom is 0.254 e. The molecule has 2 bridgehead atoms. The number of rotatable bonds is 3. The molecule has 7 rings (SSSR count). The topological polar surface area (TPSA) is 79.2 Å². The molecule has 1 N–H and O–H groups in total. The maximum absolute atomic E-state index is 13.6. The predicted molar refractivity (Wildman–Crippen MR) is 130 cm³/mol. The Morgan fingerprint density at radius 3 is 1.85 bits per heavy atom. The molecular weight excluding hydrogens is 531 g/mol. The lowest BCUT2D eigenvalue weighted by Crippen LogP contribution is -2.41. The van der Waals surface area contributed by atoms with Gasteiger partial charge in [-0.05, 0) is 62.5 Å². The zero-order valence-corrected chi connectivity index (χ0v) is 19.8. The van der Waals surface area contributed by atoms with E-state index in [2.05, 4.69) is 29.4 Å². The molecule has 1 fully saturated rings. The fourth-order valence-electron chi connectivity index (χ4n) is 5.72. The second-order valence-corrected chi connectivity index (χ2v) is 9.71. The summed E-state index contributed by atoms with van der Waals surface area (Å²) in [7, 11) is 1.47. The van der Waals surface area contributed by atoms with E-state index in [9.17, 15) is 14.7 Å². The molecule has 1 saturated heterocycles. The van der Waals surface area contributed by atoms with Gasteiger partial charge in [0.15, 0.2) is 11.5 Å². The van der Waals surface area contributed by atoms with E-state index in [1.807, 2.05) is 46.9 Å². The lowest BCUT2D eigenvalue weighted by molar-refractivity contribution is -0.139. The Kier molecular flexibility index (Phi) is 4.58. The van der Waals surface area contributed by atoms with Gasteiger partial charge in [0.25, 0.3) is 11.8 Å². The summed E-state index contributed by atoms with van der Waals surface area (Å²) in [6, 6.07) is 19.6. The number of halogens is 1. The van der Waals surface area contributed by atoms with Crippen LogP contribution in [-0.2, 0) is 9.59 Å². The molecule has 4 aliphatic rings. The van der Waals surface area contributed by atoms with Crippen LogP contribution in [0, 0.1) is 15.4 Å². The van der Waals surface area contributed by atoms with Gasteiger partial charge in [0, 0.05) is 11.8 Å². The first kappa shape index (κ1) is 20.4. The van der Waals surface area contributed by atoms with Crippen molar-refractivity contribution in [3.8, 4) is 11.5 Å². The van der Waals surface area contributed by atoms with Crippen LogP contribution in [0.1, 0.15) is 39.7 Å². The molecule has 7 heteroatoms. The lowest BCUT2D eigenvalue weighted by Gasteiger charge is -2.45. The third-order valence-electron chi connectivity index (χ3n) is 7.02. The number of carbonyl (C=O) groups excluding carboxylic acids is 2. The van der Waals surface area contributed by atoms with Crippen molar-refractivity contribution in [3.05, 3.63) is 92.1 Å². The minimum atomic E-state index is -0.459. The van der Waals surface area contributed by atoms with Gasteiger partial charge in [-0.25, -0.2) is 0 Å². The van der Waals surface area contributed by atoms with Crippen LogP contribution in [0.4, 0.5) is 0 Å². The predicted octanol–water partition coefficient (Wildman–Crippen LogP) is 4.23. The summed E-state index contributed by atoms with van der Waals surface area (Å²) in [5.41, 5.74) is 5.15. The monoisotopic (exact) mass is 550 g/mol. The Hall–Kier alpha value is -3.20. The second kappa shape index (κ2) is 7.41. The number of hydrogen-bond donors (Lipinski definition) is 1. The van der Waals surface area contributed by atoms with Crippen molar-refractivity contribution < 1.29 is 19.4 Å².